The van der Waals surface area contributed by atoms with Crippen LogP contribution in [0.4, 0.5) is 5.69 Å². The highest BCUT2D eigenvalue weighted by molar-refractivity contribution is 6.04. The van der Waals surface area contributed by atoms with E-state index in [0.29, 0.717) is 17.0 Å². The van der Waals surface area contributed by atoms with Crippen LogP contribution in [0.15, 0.2) is 79.3 Å². The van der Waals surface area contributed by atoms with Crippen LogP contribution < -0.4 is 14.8 Å². The van der Waals surface area contributed by atoms with Crippen LogP contribution in [0.2, 0.25) is 0 Å². The molecule has 7 heteroatoms. The van der Waals surface area contributed by atoms with Gasteiger partial charge in [0.05, 0.1) is 31.8 Å². The van der Waals surface area contributed by atoms with Crippen molar-refractivity contribution in [1.82, 2.24) is 14.8 Å². The van der Waals surface area contributed by atoms with Crippen LogP contribution in [0.5, 0.6) is 11.5 Å². The number of hydrogen-bond donors (Lipinski definition) is 1. The molecule has 0 aliphatic rings. The zero-order chi connectivity index (χ0) is 20.9. The number of pyridine rings is 1. The number of aromatic nitrogens is 3. The molecular formula is C23H20N4O3. The fourth-order valence-corrected chi connectivity index (χ4v) is 3.12. The fraction of sp³-hybridized carbons (Fsp3) is 0.0870. The number of rotatable bonds is 6. The van der Waals surface area contributed by atoms with Gasteiger partial charge in [0, 0.05) is 35.3 Å². The summed E-state index contributed by atoms with van der Waals surface area (Å²) in [6.07, 6.45) is 4.91. The van der Waals surface area contributed by atoms with E-state index >= 15 is 0 Å². The molecule has 0 saturated heterocycles. The quantitative estimate of drug-likeness (QED) is 0.525. The van der Waals surface area contributed by atoms with Crippen molar-refractivity contribution in [2.24, 2.45) is 0 Å². The number of nitrogens with one attached hydrogen (secondary N) is 1. The molecule has 0 saturated carbocycles. The molecule has 0 spiro atoms. The molecule has 0 bridgehead atoms. The van der Waals surface area contributed by atoms with Crippen LogP contribution in [0, 0.1) is 0 Å². The predicted octanol–water partition coefficient (Wildman–Crippen LogP) is 4.20. The van der Waals surface area contributed by atoms with Crippen LogP contribution in [0.1, 0.15) is 10.4 Å². The molecule has 4 rings (SSSR count). The van der Waals surface area contributed by atoms with E-state index < -0.39 is 0 Å². The van der Waals surface area contributed by atoms with Crippen LogP contribution in [-0.2, 0) is 0 Å². The minimum Gasteiger partial charge on any atom is -0.497 e. The van der Waals surface area contributed by atoms with Gasteiger partial charge in [0.2, 0.25) is 0 Å². The summed E-state index contributed by atoms with van der Waals surface area (Å²) in [5.41, 5.74) is 3.87. The third-order valence-electron chi connectivity index (χ3n) is 4.64. The second-order valence-corrected chi connectivity index (χ2v) is 6.43. The largest absolute Gasteiger partial charge is 0.497 e. The number of carbonyl (C=O) groups is 1. The normalized spacial score (nSPS) is 10.5. The molecule has 2 heterocycles. The number of nitrogens with zero attached hydrogens (tertiary/aromatic N) is 3. The van der Waals surface area contributed by atoms with Crippen molar-refractivity contribution < 1.29 is 14.3 Å². The number of methoxy groups -OCH3 is 2. The molecule has 2 aromatic heterocycles. The zero-order valence-electron chi connectivity index (χ0n) is 16.6. The van der Waals surface area contributed by atoms with Gasteiger partial charge in [0.1, 0.15) is 11.5 Å². The molecule has 0 fully saturated rings. The Morgan fingerprint density at radius 3 is 2.37 bits per heavy atom. The first kappa shape index (κ1) is 19.2. The highest BCUT2D eigenvalue weighted by atomic mass is 16.5. The van der Waals surface area contributed by atoms with Crippen molar-refractivity contribution in [2.75, 3.05) is 19.5 Å². The van der Waals surface area contributed by atoms with Gasteiger partial charge in [0.15, 0.2) is 0 Å². The number of ether oxygens (including phenoxy) is 2. The van der Waals surface area contributed by atoms with Crippen molar-refractivity contribution in [3.8, 4) is 28.4 Å². The number of carbonyl (C=O) groups excluding carboxylic acids is 1. The summed E-state index contributed by atoms with van der Waals surface area (Å²) in [4.78, 5) is 16.2. The Kier molecular flexibility index (Phi) is 5.43. The smallest absolute Gasteiger partial charge is 0.255 e. The third kappa shape index (κ3) is 3.86. The number of amides is 1. The molecule has 0 atom stereocenters. The van der Waals surface area contributed by atoms with Gasteiger partial charge in [-0.3, -0.25) is 9.78 Å². The maximum absolute atomic E-state index is 12.3. The van der Waals surface area contributed by atoms with Crippen molar-refractivity contribution in [1.29, 1.82) is 0 Å². The first-order valence-electron chi connectivity index (χ1n) is 9.28. The first-order chi connectivity index (χ1) is 14.7. The minimum atomic E-state index is -0.187. The number of hydrogen-bond acceptors (Lipinski definition) is 5. The predicted molar refractivity (Wildman–Crippen MR) is 114 cm³/mol. The molecule has 0 unspecified atom stereocenters. The molecule has 150 valence electrons. The molecule has 7 nitrogen and oxygen atoms in total. The average molecular weight is 400 g/mol. The Morgan fingerprint density at radius 2 is 1.67 bits per heavy atom. The standard InChI is InChI=1S/C23H20N4O3/c1-29-19-7-8-20(22(15-19)30-2)21-11-14-25-27(21)18-5-3-17(4-6-18)26-23(28)16-9-12-24-13-10-16/h3-15H,1-2H3,(H,26,28). The molecular weight excluding hydrogens is 380 g/mol. The van der Waals surface area contributed by atoms with Crippen LogP contribution in [0.3, 0.4) is 0 Å². The SMILES string of the molecule is COc1ccc(-c2ccnn2-c2ccc(NC(=O)c3ccncc3)cc2)c(OC)c1. The molecule has 0 aliphatic heterocycles. The Morgan fingerprint density at radius 1 is 0.900 bits per heavy atom. The van der Waals surface area contributed by atoms with E-state index in [2.05, 4.69) is 15.4 Å². The van der Waals surface area contributed by atoms with Crippen molar-refractivity contribution in [3.63, 3.8) is 0 Å². The summed E-state index contributed by atoms with van der Waals surface area (Å²) in [7, 11) is 3.24. The molecule has 4 aromatic rings. The van der Waals surface area contributed by atoms with Gasteiger partial charge in [-0.2, -0.15) is 5.10 Å². The van der Waals surface area contributed by atoms with Crippen molar-refractivity contribution in [2.45, 2.75) is 0 Å². The van der Waals surface area contributed by atoms with E-state index in [-0.39, 0.29) is 5.91 Å². The maximum atomic E-state index is 12.3. The lowest BCUT2D eigenvalue weighted by atomic mass is 10.1. The van der Waals surface area contributed by atoms with Crippen LogP contribution in [0.25, 0.3) is 16.9 Å². The van der Waals surface area contributed by atoms with Crippen molar-refractivity contribution >= 4 is 11.6 Å². The van der Waals surface area contributed by atoms with E-state index in [9.17, 15) is 4.79 Å². The topological polar surface area (TPSA) is 78.3 Å². The lowest BCUT2D eigenvalue weighted by Crippen LogP contribution is -2.11. The van der Waals surface area contributed by atoms with Gasteiger partial charge >= 0.3 is 0 Å². The highest BCUT2D eigenvalue weighted by Crippen LogP contribution is 2.34. The second kappa shape index (κ2) is 8.48. The van der Waals surface area contributed by atoms with Gasteiger partial charge in [-0.05, 0) is 54.6 Å². The van der Waals surface area contributed by atoms with E-state index in [1.54, 1.807) is 44.9 Å². The highest BCUT2D eigenvalue weighted by Gasteiger charge is 2.14. The zero-order valence-corrected chi connectivity index (χ0v) is 16.6. The van der Waals surface area contributed by atoms with E-state index in [1.165, 1.54) is 0 Å². The molecule has 1 N–H and O–H groups in total. The van der Waals surface area contributed by atoms with E-state index in [0.717, 1.165) is 22.7 Å². The number of anilines is 1. The Hall–Kier alpha value is -4.13. The summed E-state index contributed by atoms with van der Waals surface area (Å²) in [6.45, 7) is 0. The lowest BCUT2D eigenvalue weighted by molar-refractivity contribution is 0.102. The van der Waals surface area contributed by atoms with Gasteiger partial charge < -0.3 is 14.8 Å². The maximum Gasteiger partial charge on any atom is 0.255 e. The first-order valence-corrected chi connectivity index (χ1v) is 9.28. The van der Waals surface area contributed by atoms with E-state index in [4.69, 9.17) is 9.47 Å². The van der Waals surface area contributed by atoms with Gasteiger partial charge in [-0.1, -0.05) is 0 Å². The van der Waals surface area contributed by atoms with Gasteiger partial charge in [-0.25, -0.2) is 4.68 Å². The van der Waals surface area contributed by atoms with E-state index in [1.807, 2.05) is 53.2 Å². The summed E-state index contributed by atoms with van der Waals surface area (Å²) >= 11 is 0. The average Bonchev–Trinajstić information content (AvgIpc) is 3.29. The minimum absolute atomic E-state index is 0.187. The second-order valence-electron chi connectivity index (χ2n) is 6.43. The molecule has 0 radical (unpaired) electrons. The Balaban J connectivity index is 1.60. The summed E-state index contributed by atoms with van der Waals surface area (Å²) < 4.78 is 12.6. The molecule has 0 aliphatic carbocycles. The van der Waals surface area contributed by atoms with Crippen LogP contribution >= 0.6 is 0 Å². The van der Waals surface area contributed by atoms with Crippen molar-refractivity contribution in [3.05, 3.63) is 84.8 Å². The van der Waals surface area contributed by atoms with Crippen LogP contribution in [-0.4, -0.2) is 34.9 Å². The summed E-state index contributed by atoms with van der Waals surface area (Å²) in [5.74, 6) is 1.22. The molecule has 2 aromatic carbocycles. The fourth-order valence-electron chi connectivity index (χ4n) is 3.12. The van der Waals surface area contributed by atoms with Gasteiger partial charge in [0.25, 0.3) is 5.91 Å². The Bertz CT molecular complexity index is 1150. The number of benzene rings is 2. The molecule has 1 amide bonds. The monoisotopic (exact) mass is 400 g/mol. The molecule has 30 heavy (non-hydrogen) atoms. The third-order valence-corrected chi connectivity index (χ3v) is 4.64. The lowest BCUT2D eigenvalue weighted by Gasteiger charge is -2.13. The summed E-state index contributed by atoms with van der Waals surface area (Å²) in [6, 6.07) is 18.4. The summed E-state index contributed by atoms with van der Waals surface area (Å²) in [5, 5.41) is 7.33. The Labute approximate surface area is 173 Å². The van der Waals surface area contributed by atoms with Gasteiger partial charge in [-0.15, -0.1) is 0 Å².